The van der Waals surface area contributed by atoms with E-state index in [9.17, 15) is 4.79 Å². The fourth-order valence-electron chi connectivity index (χ4n) is 1.76. The molecule has 0 aliphatic carbocycles. The number of hydrogen-bond acceptors (Lipinski definition) is 2. The summed E-state index contributed by atoms with van der Waals surface area (Å²) < 4.78 is 0.924. The fourth-order valence-corrected chi connectivity index (χ4v) is 2.03. The molecule has 0 bridgehead atoms. The number of carbonyl (C=O) groups is 1. The van der Waals surface area contributed by atoms with Crippen molar-refractivity contribution < 1.29 is 4.79 Å². The first-order valence-electron chi connectivity index (χ1n) is 5.96. The molecule has 0 saturated heterocycles. The largest absolute Gasteiger partial charge is 0.306 e. The van der Waals surface area contributed by atoms with Crippen molar-refractivity contribution in [3.05, 3.63) is 70.8 Å². The Labute approximate surface area is 126 Å². The molecule has 1 amide bonds. The second kappa shape index (κ2) is 6.30. The minimum Gasteiger partial charge on any atom is -0.306 e. The first-order chi connectivity index (χ1) is 9.65. The molecule has 1 aromatic carbocycles. The number of nitrogens with zero attached hydrogens (tertiary/aromatic N) is 1. The molecule has 1 N–H and O–H groups in total. The Kier molecular flexibility index (Phi) is 4.48. The fraction of sp³-hybridized carbons (Fsp3) is 0. The summed E-state index contributed by atoms with van der Waals surface area (Å²) in [6, 6.07) is 8.93. The summed E-state index contributed by atoms with van der Waals surface area (Å²) in [7, 11) is 0. The number of benzene rings is 1. The summed E-state index contributed by atoms with van der Waals surface area (Å²) in [6.07, 6.45) is 4.98. The molecular weight excluding hydrogens is 316 g/mol. The lowest BCUT2D eigenvalue weighted by atomic mass is 10.1. The monoisotopic (exact) mass is 328 g/mol. The normalized spacial score (nSPS) is 9.85. The predicted octanol–water partition coefficient (Wildman–Crippen LogP) is 4.38. The van der Waals surface area contributed by atoms with Crippen molar-refractivity contribution in [3.8, 4) is 0 Å². The van der Waals surface area contributed by atoms with Gasteiger partial charge in [0.15, 0.2) is 0 Å². The van der Waals surface area contributed by atoms with Gasteiger partial charge in [-0.25, -0.2) is 4.98 Å². The first-order valence-corrected chi connectivity index (χ1v) is 6.76. The first kappa shape index (κ1) is 14.2. The van der Waals surface area contributed by atoms with E-state index >= 15 is 0 Å². The van der Waals surface area contributed by atoms with Crippen LogP contribution in [0.4, 0.5) is 5.82 Å². The Morgan fingerprint density at radius 2 is 1.85 bits per heavy atom. The molecule has 1 heterocycles. The van der Waals surface area contributed by atoms with E-state index in [2.05, 4.69) is 39.4 Å². The van der Waals surface area contributed by atoms with Crippen LogP contribution in [0, 0.1) is 0 Å². The van der Waals surface area contributed by atoms with Crippen molar-refractivity contribution in [3.63, 3.8) is 0 Å². The number of pyridine rings is 1. The lowest BCUT2D eigenvalue weighted by molar-refractivity contribution is 0.102. The molecule has 2 aromatic rings. The van der Waals surface area contributed by atoms with Crippen LogP contribution in [0.5, 0.6) is 0 Å². The zero-order chi connectivity index (χ0) is 14.5. The second-order valence-electron chi connectivity index (χ2n) is 4.03. The molecule has 0 saturated carbocycles. The number of anilines is 1. The Morgan fingerprint density at radius 3 is 2.45 bits per heavy atom. The van der Waals surface area contributed by atoms with E-state index < -0.39 is 0 Å². The van der Waals surface area contributed by atoms with Gasteiger partial charge < -0.3 is 5.32 Å². The van der Waals surface area contributed by atoms with Gasteiger partial charge in [-0.3, -0.25) is 4.79 Å². The maximum atomic E-state index is 12.2. The van der Waals surface area contributed by atoms with Gasteiger partial charge >= 0.3 is 0 Å². The summed E-state index contributed by atoms with van der Waals surface area (Å²) >= 11 is 3.33. The molecule has 0 atom stereocenters. The molecule has 0 spiro atoms. The third kappa shape index (κ3) is 3.03. The summed E-state index contributed by atoms with van der Waals surface area (Å²) in [5.74, 6) is 0.264. The number of halogens is 1. The highest BCUT2D eigenvalue weighted by molar-refractivity contribution is 9.10. The summed E-state index contributed by atoms with van der Waals surface area (Å²) in [5, 5.41) is 2.79. The molecular formula is C16H13BrN2O. The summed E-state index contributed by atoms with van der Waals surface area (Å²) in [4.78, 5) is 16.3. The van der Waals surface area contributed by atoms with Crippen LogP contribution < -0.4 is 5.32 Å². The third-order valence-electron chi connectivity index (χ3n) is 2.79. The summed E-state index contributed by atoms with van der Waals surface area (Å²) in [6.45, 7) is 7.48. The molecule has 0 unspecified atom stereocenters. The molecule has 1 aromatic heterocycles. The van der Waals surface area contributed by atoms with E-state index in [1.165, 1.54) is 0 Å². The van der Waals surface area contributed by atoms with E-state index in [0.717, 1.165) is 15.6 Å². The second-order valence-corrected chi connectivity index (χ2v) is 4.95. The van der Waals surface area contributed by atoms with Crippen molar-refractivity contribution in [2.75, 3.05) is 5.32 Å². The van der Waals surface area contributed by atoms with E-state index in [-0.39, 0.29) is 5.91 Å². The molecule has 100 valence electrons. The quantitative estimate of drug-likeness (QED) is 0.904. The van der Waals surface area contributed by atoms with Gasteiger partial charge in [0.05, 0.1) is 0 Å². The van der Waals surface area contributed by atoms with Gasteiger partial charge in [-0.05, 0) is 35.9 Å². The molecule has 4 heteroatoms. The van der Waals surface area contributed by atoms with Crippen molar-refractivity contribution in [1.29, 1.82) is 0 Å². The van der Waals surface area contributed by atoms with Gasteiger partial charge in [0.1, 0.15) is 5.82 Å². The minimum atomic E-state index is -0.214. The van der Waals surface area contributed by atoms with Crippen LogP contribution in [-0.4, -0.2) is 10.9 Å². The Balaban J connectivity index is 2.30. The Morgan fingerprint density at radius 1 is 1.15 bits per heavy atom. The topological polar surface area (TPSA) is 42.0 Å². The number of amides is 1. The highest BCUT2D eigenvalue weighted by atomic mass is 79.9. The predicted molar refractivity (Wildman–Crippen MR) is 86.5 cm³/mol. The highest BCUT2D eigenvalue weighted by Gasteiger charge is 2.10. The van der Waals surface area contributed by atoms with Crippen molar-refractivity contribution in [2.45, 2.75) is 0 Å². The van der Waals surface area contributed by atoms with E-state index in [4.69, 9.17) is 0 Å². The number of carbonyl (C=O) groups excluding carboxylic acids is 1. The Bertz CT molecular complexity index is 663. The van der Waals surface area contributed by atoms with Gasteiger partial charge in [0.2, 0.25) is 0 Å². The maximum absolute atomic E-state index is 12.2. The standard InChI is InChI=1S/C16H13BrN2O/c1-3-11-9-10-18-15(14(11)4-2)19-16(20)12-5-7-13(17)8-6-12/h3-10H,1-2H2,(H,18,19,20). The Hall–Kier alpha value is -2.20. The average molecular weight is 329 g/mol. The van der Waals surface area contributed by atoms with Crippen molar-refractivity contribution >= 4 is 39.8 Å². The van der Waals surface area contributed by atoms with Gasteiger partial charge in [-0.15, -0.1) is 0 Å². The van der Waals surface area contributed by atoms with E-state index in [1.54, 1.807) is 30.5 Å². The summed E-state index contributed by atoms with van der Waals surface area (Å²) in [5.41, 5.74) is 2.20. The van der Waals surface area contributed by atoms with Crippen molar-refractivity contribution in [1.82, 2.24) is 4.98 Å². The van der Waals surface area contributed by atoms with Crippen LogP contribution in [0.3, 0.4) is 0 Å². The van der Waals surface area contributed by atoms with Crippen LogP contribution in [0.25, 0.3) is 12.2 Å². The molecule has 2 rings (SSSR count). The lowest BCUT2D eigenvalue weighted by Gasteiger charge is -2.09. The number of rotatable bonds is 4. The maximum Gasteiger partial charge on any atom is 0.256 e. The molecule has 0 fully saturated rings. The lowest BCUT2D eigenvalue weighted by Crippen LogP contribution is -2.14. The zero-order valence-electron chi connectivity index (χ0n) is 10.8. The zero-order valence-corrected chi connectivity index (χ0v) is 12.4. The van der Waals surface area contributed by atoms with Crippen LogP contribution in [0.15, 0.2) is 54.2 Å². The van der Waals surface area contributed by atoms with Crippen LogP contribution >= 0.6 is 15.9 Å². The third-order valence-corrected chi connectivity index (χ3v) is 3.31. The molecule has 0 radical (unpaired) electrons. The number of nitrogens with one attached hydrogen (secondary N) is 1. The highest BCUT2D eigenvalue weighted by Crippen LogP contribution is 2.20. The van der Waals surface area contributed by atoms with Crippen molar-refractivity contribution in [2.24, 2.45) is 0 Å². The van der Waals surface area contributed by atoms with E-state index in [0.29, 0.717) is 11.4 Å². The van der Waals surface area contributed by atoms with Crippen LogP contribution in [-0.2, 0) is 0 Å². The van der Waals surface area contributed by atoms with Crippen LogP contribution in [0.2, 0.25) is 0 Å². The van der Waals surface area contributed by atoms with E-state index in [1.807, 2.05) is 18.2 Å². The van der Waals surface area contributed by atoms with Gasteiger partial charge in [0, 0.05) is 21.8 Å². The molecule has 3 nitrogen and oxygen atoms in total. The molecule has 20 heavy (non-hydrogen) atoms. The number of aromatic nitrogens is 1. The van der Waals surface area contributed by atoms with Gasteiger partial charge in [-0.1, -0.05) is 41.2 Å². The molecule has 0 aliphatic rings. The molecule has 0 aliphatic heterocycles. The van der Waals surface area contributed by atoms with Gasteiger partial charge in [-0.2, -0.15) is 0 Å². The minimum absolute atomic E-state index is 0.214. The smallest absolute Gasteiger partial charge is 0.256 e. The SMILES string of the molecule is C=Cc1ccnc(NC(=O)c2ccc(Br)cc2)c1C=C. The average Bonchev–Trinajstić information content (AvgIpc) is 2.47. The van der Waals surface area contributed by atoms with Gasteiger partial charge in [0.25, 0.3) is 5.91 Å². The van der Waals surface area contributed by atoms with Crippen LogP contribution in [0.1, 0.15) is 21.5 Å². The number of hydrogen-bond donors (Lipinski definition) is 1.